The average molecular weight is 423 g/mol. The lowest BCUT2D eigenvalue weighted by Gasteiger charge is -2.30. The third-order valence-electron chi connectivity index (χ3n) is 5.00. The molecule has 1 aliphatic heterocycles. The summed E-state index contributed by atoms with van der Waals surface area (Å²) in [5, 5.41) is 0. The summed E-state index contributed by atoms with van der Waals surface area (Å²) >= 11 is 0. The number of anilines is 1. The average Bonchev–Trinajstić information content (AvgIpc) is 2.64. The van der Waals surface area contributed by atoms with E-state index in [1.165, 1.54) is 28.6 Å². The monoisotopic (exact) mass is 422 g/mol. The van der Waals surface area contributed by atoms with E-state index in [9.17, 15) is 16.8 Å². The first kappa shape index (κ1) is 20.8. The van der Waals surface area contributed by atoms with Gasteiger partial charge in [-0.2, -0.15) is 4.31 Å². The Morgan fingerprint density at radius 2 is 1.68 bits per heavy atom. The third-order valence-corrected chi connectivity index (χ3v) is 8.40. The van der Waals surface area contributed by atoms with Crippen LogP contribution < -0.4 is 4.72 Å². The fourth-order valence-electron chi connectivity index (χ4n) is 3.42. The van der Waals surface area contributed by atoms with Crippen LogP contribution in [-0.2, 0) is 20.0 Å². The molecule has 1 fully saturated rings. The molecule has 0 spiro atoms. The number of hydrogen-bond acceptors (Lipinski definition) is 4. The maximum Gasteiger partial charge on any atom is 0.262 e. The Hall–Kier alpha value is -1.90. The number of nitrogens with zero attached hydrogens (tertiary/aromatic N) is 1. The standard InChI is InChI=1S/C20H26N2O4S2/c1-15-6-7-17(3)20(13-15)27(23,24)21-18-8-10-19(11-9-18)28(25,26)22-12-4-5-16(2)14-22/h6-11,13,16,21H,4-5,12,14H2,1-3H3/t16-/m0/s1. The fraction of sp³-hybridized carbons (Fsp3) is 0.400. The zero-order chi connectivity index (χ0) is 20.5. The summed E-state index contributed by atoms with van der Waals surface area (Å²) in [5.74, 6) is 0.340. The van der Waals surface area contributed by atoms with Gasteiger partial charge in [0.05, 0.1) is 9.79 Å². The van der Waals surface area contributed by atoms with E-state index in [4.69, 9.17) is 0 Å². The highest BCUT2D eigenvalue weighted by molar-refractivity contribution is 7.92. The molecule has 152 valence electrons. The maximum atomic E-state index is 12.8. The van der Waals surface area contributed by atoms with Crippen LogP contribution in [0, 0.1) is 19.8 Å². The predicted octanol–water partition coefficient (Wildman–Crippen LogP) is 3.52. The Morgan fingerprint density at radius 1 is 1.00 bits per heavy atom. The Kier molecular flexibility index (Phi) is 5.84. The van der Waals surface area contributed by atoms with Crippen LogP contribution in [0.5, 0.6) is 0 Å². The van der Waals surface area contributed by atoms with Gasteiger partial charge in [-0.25, -0.2) is 16.8 Å². The van der Waals surface area contributed by atoms with Crippen molar-refractivity contribution in [2.75, 3.05) is 17.8 Å². The van der Waals surface area contributed by atoms with Crippen molar-refractivity contribution in [3.63, 3.8) is 0 Å². The quantitative estimate of drug-likeness (QED) is 0.799. The predicted molar refractivity (Wildman–Crippen MR) is 110 cm³/mol. The molecule has 1 heterocycles. The molecule has 0 aromatic heterocycles. The largest absolute Gasteiger partial charge is 0.280 e. The van der Waals surface area contributed by atoms with E-state index < -0.39 is 20.0 Å². The lowest BCUT2D eigenvalue weighted by Crippen LogP contribution is -2.39. The molecule has 2 aromatic rings. The smallest absolute Gasteiger partial charge is 0.262 e. The molecule has 0 amide bonds. The van der Waals surface area contributed by atoms with Gasteiger partial charge in [0.1, 0.15) is 0 Å². The van der Waals surface area contributed by atoms with Crippen molar-refractivity contribution in [1.29, 1.82) is 0 Å². The molecule has 0 bridgehead atoms. The molecule has 0 aliphatic carbocycles. The van der Waals surface area contributed by atoms with Gasteiger partial charge in [0.25, 0.3) is 10.0 Å². The number of rotatable bonds is 5. The minimum absolute atomic E-state index is 0.177. The fourth-order valence-corrected chi connectivity index (χ4v) is 6.40. The summed E-state index contributed by atoms with van der Waals surface area (Å²) in [5.41, 5.74) is 1.83. The number of sulfonamides is 2. The molecule has 6 nitrogen and oxygen atoms in total. The van der Waals surface area contributed by atoms with Crippen LogP contribution in [0.25, 0.3) is 0 Å². The first-order valence-corrected chi connectivity index (χ1v) is 12.2. The van der Waals surface area contributed by atoms with Gasteiger partial charge in [0, 0.05) is 18.8 Å². The number of piperidine rings is 1. The SMILES string of the molecule is Cc1ccc(C)c(S(=O)(=O)Nc2ccc(S(=O)(=O)N3CCC[C@H](C)C3)cc2)c1. The highest BCUT2D eigenvalue weighted by Crippen LogP contribution is 2.25. The van der Waals surface area contributed by atoms with Gasteiger partial charge in [-0.3, -0.25) is 4.72 Å². The minimum Gasteiger partial charge on any atom is -0.280 e. The summed E-state index contributed by atoms with van der Waals surface area (Å²) in [6.45, 7) is 6.66. The molecule has 1 N–H and O–H groups in total. The summed E-state index contributed by atoms with van der Waals surface area (Å²) in [4.78, 5) is 0.391. The van der Waals surface area contributed by atoms with Gasteiger partial charge < -0.3 is 0 Å². The van der Waals surface area contributed by atoms with Crippen molar-refractivity contribution < 1.29 is 16.8 Å². The first-order chi connectivity index (χ1) is 13.1. The molecule has 0 saturated carbocycles. The van der Waals surface area contributed by atoms with Crippen molar-refractivity contribution >= 4 is 25.7 Å². The Bertz CT molecular complexity index is 1060. The van der Waals surface area contributed by atoms with Gasteiger partial charge in [-0.15, -0.1) is 0 Å². The second kappa shape index (κ2) is 7.85. The van der Waals surface area contributed by atoms with Crippen molar-refractivity contribution in [1.82, 2.24) is 4.31 Å². The highest BCUT2D eigenvalue weighted by atomic mass is 32.2. The number of benzene rings is 2. The maximum absolute atomic E-state index is 12.8. The van der Waals surface area contributed by atoms with Crippen molar-refractivity contribution in [3.05, 3.63) is 53.6 Å². The zero-order valence-corrected chi connectivity index (χ0v) is 18.0. The number of aryl methyl sites for hydroxylation is 2. The van der Waals surface area contributed by atoms with Crippen LogP contribution >= 0.6 is 0 Å². The van der Waals surface area contributed by atoms with Crippen LogP contribution in [0.15, 0.2) is 52.3 Å². The van der Waals surface area contributed by atoms with E-state index in [0.717, 1.165) is 18.4 Å². The molecule has 1 atom stereocenters. The Morgan fingerprint density at radius 3 is 2.32 bits per heavy atom. The molecular weight excluding hydrogens is 396 g/mol. The lowest BCUT2D eigenvalue weighted by molar-refractivity contribution is 0.281. The van der Waals surface area contributed by atoms with E-state index in [0.29, 0.717) is 30.3 Å². The van der Waals surface area contributed by atoms with Crippen molar-refractivity contribution in [2.45, 2.75) is 43.4 Å². The van der Waals surface area contributed by atoms with E-state index in [-0.39, 0.29) is 9.79 Å². The Labute approximate surface area is 167 Å². The van der Waals surface area contributed by atoms with Gasteiger partial charge in [0.15, 0.2) is 0 Å². The molecule has 28 heavy (non-hydrogen) atoms. The Balaban J connectivity index is 1.82. The summed E-state index contributed by atoms with van der Waals surface area (Å²) in [6.07, 6.45) is 1.89. The topological polar surface area (TPSA) is 83.5 Å². The van der Waals surface area contributed by atoms with Crippen molar-refractivity contribution in [3.8, 4) is 0 Å². The van der Waals surface area contributed by atoms with E-state index >= 15 is 0 Å². The molecule has 0 unspecified atom stereocenters. The number of hydrogen-bond donors (Lipinski definition) is 1. The van der Waals surface area contributed by atoms with Crippen LogP contribution in [0.2, 0.25) is 0 Å². The summed E-state index contributed by atoms with van der Waals surface area (Å²) < 4.78 is 55.1. The summed E-state index contributed by atoms with van der Waals surface area (Å²) in [6, 6.07) is 11.1. The van der Waals surface area contributed by atoms with Gasteiger partial charge in [0.2, 0.25) is 10.0 Å². The first-order valence-electron chi connectivity index (χ1n) is 9.30. The summed E-state index contributed by atoms with van der Waals surface area (Å²) in [7, 11) is -7.32. The molecule has 8 heteroatoms. The normalized spacial score (nSPS) is 18.8. The van der Waals surface area contributed by atoms with Crippen LogP contribution in [0.4, 0.5) is 5.69 Å². The van der Waals surface area contributed by atoms with Gasteiger partial charge in [-0.05, 0) is 74.1 Å². The molecule has 3 rings (SSSR count). The molecule has 1 saturated heterocycles. The van der Waals surface area contributed by atoms with Crippen LogP contribution in [-0.4, -0.2) is 34.2 Å². The molecule has 2 aromatic carbocycles. The van der Waals surface area contributed by atoms with Crippen LogP contribution in [0.1, 0.15) is 30.9 Å². The van der Waals surface area contributed by atoms with E-state index in [1.54, 1.807) is 19.1 Å². The van der Waals surface area contributed by atoms with E-state index in [1.807, 2.05) is 19.9 Å². The lowest BCUT2D eigenvalue weighted by atomic mass is 10.0. The molecule has 0 radical (unpaired) electrons. The molecule has 1 aliphatic rings. The van der Waals surface area contributed by atoms with Crippen molar-refractivity contribution in [2.24, 2.45) is 5.92 Å². The molecular formula is C20H26N2O4S2. The van der Waals surface area contributed by atoms with Gasteiger partial charge >= 0.3 is 0 Å². The second-order valence-electron chi connectivity index (χ2n) is 7.51. The number of nitrogens with one attached hydrogen (secondary N) is 1. The van der Waals surface area contributed by atoms with Gasteiger partial charge in [-0.1, -0.05) is 19.1 Å². The van der Waals surface area contributed by atoms with E-state index in [2.05, 4.69) is 4.72 Å². The van der Waals surface area contributed by atoms with Crippen LogP contribution in [0.3, 0.4) is 0 Å². The minimum atomic E-state index is -3.75. The highest BCUT2D eigenvalue weighted by Gasteiger charge is 2.28. The zero-order valence-electron chi connectivity index (χ0n) is 16.3. The third kappa shape index (κ3) is 4.39. The second-order valence-corrected chi connectivity index (χ2v) is 11.1.